The fraction of sp³-hybridized carbons (Fsp3) is 0.333. The van der Waals surface area contributed by atoms with Gasteiger partial charge in [0, 0.05) is 17.8 Å². The van der Waals surface area contributed by atoms with Crippen LogP contribution in [-0.2, 0) is 4.79 Å². The molecule has 0 bridgehead atoms. The van der Waals surface area contributed by atoms with Crippen LogP contribution in [0.5, 0.6) is 0 Å². The molecule has 0 heterocycles. The summed E-state index contributed by atoms with van der Waals surface area (Å²) in [6.45, 7) is 0. The van der Waals surface area contributed by atoms with Crippen LogP contribution in [0, 0.1) is 10.1 Å². The number of nitrogens with one attached hydrogen (secondary N) is 1. The molecule has 1 aromatic rings. The number of hydrogen-bond donors (Lipinski definition) is 3. The number of carboxylic acids is 1. The third-order valence-corrected chi connectivity index (χ3v) is 3.47. The van der Waals surface area contributed by atoms with E-state index in [9.17, 15) is 24.8 Å². The van der Waals surface area contributed by atoms with Crippen LogP contribution in [0.2, 0.25) is 0 Å². The van der Waals surface area contributed by atoms with Crippen LogP contribution >= 0.6 is 0 Å². The van der Waals surface area contributed by atoms with Gasteiger partial charge in [0.2, 0.25) is 0 Å². The zero-order chi connectivity index (χ0) is 14.9. The summed E-state index contributed by atoms with van der Waals surface area (Å²) >= 11 is 0. The summed E-state index contributed by atoms with van der Waals surface area (Å²) in [6.07, 6.45) is 1.62. The van der Waals surface area contributed by atoms with Crippen molar-refractivity contribution in [1.82, 2.24) is 0 Å². The van der Waals surface area contributed by atoms with Crippen molar-refractivity contribution in [3.05, 3.63) is 33.9 Å². The second-order valence-corrected chi connectivity index (χ2v) is 4.72. The number of nitro benzene ring substituents is 1. The molecule has 0 aliphatic heterocycles. The molecule has 8 heteroatoms. The Balaban J connectivity index is 2.39. The Hall–Kier alpha value is -2.64. The molecule has 0 spiro atoms. The molecule has 2 rings (SSSR count). The predicted octanol–water partition coefficient (Wildman–Crippen LogP) is 1.11. The Bertz CT molecular complexity index is 595. The molecule has 1 fully saturated rings. The first-order valence-corrected chi connectivity index (χ1v) is 5.95. The number of nitrogens with two attached hydrogens (primary N) is 1. The summed E-state index contributed by atoms with van der Waals surface area (Å²) in [5.41, 5.74) is 3.90. The maximum Gasteiger partial charge on any atom is 0.329 e. The Kier molecular flexibility index (Phi) is 3.31. The van der Waals surface area contributed by atoms with E-state index in [4.69, 9.17) is 5.73 Å². The first-order valence-electron chi connectivity index (χ1n) is 5.95. The van der Waals surface area contributed by atoms with Crippen LogP contribution in [-0.4, -0.2) is 27.4 Å². The maximum absolute atomic E-state index is 11.4. The lowest BCUT2D eigenvalue weighted by atomic mass is 9.76. The summed E-state index contributed by atoms with van der Waals surface area (Å²) in [5, 5.41) is 22.7. The minimum atomic E-state index is -1.12. The Morgan fingerprint density at radius 3 is 2.45 bits per heavy atom. The summed E-state index contributed by atoms with van der Waals surface area (Å²) in [5.74, 6) is -1.87. The standard InChI is InChI=1S/C12H13N3O5/c13-10(16)8-6-7(15(19)20)2-3-9(8)14-12(11(17)18)4-1-5-12/h2-3,6,14H,1,4-5H2,(H2,13,16)(H,17,18). The van der Waals surface area contributed by atoms with Crippen LogP contribution in [0.15, 0.2) is 18.2 Å². The van der Waals surface area contributed by atoms with E-state index < -0.39 is 22.3 Å². The van der Waals surface area contributed by atoms with E-state index in [0.29, 0.717) is 12.8 Å². The number of primary amides is 1. The molecule has 1 amide bonds. The zero-order valence-corrected chi connectivity index (χ0v) is 10.5. The van der Waals surface area contributed by atoms with Gasteiger partial charge in [0.25, 0.3) is 11.6 Å². The highest BCUT2D eigenvalue weighted by molar-refractivity contribution is 6.00. The molecule has 0 saturated heterocycles. The van der Waals surface area contributed by atoms with Crippen molar-refractivity contribution in [2.45, 2.75) is 24.8 Å². The van der Waals surface area contributed by atoms with Gasteiger partial charge in [-0.3, -0.25) is 14.9 Å². The van der Waals surface area contributed by atoms with E-state index in [0.717, 1.165) is 12.5 Å². The van der Waals surface area contributed by atoms with E-state index >= 15 is 0 Å². The van der Waals surface area contributed by atoms with Crippen molar-refractivity contribution in [3.8, 4) is 0 Å². The van der Waals surface area contributed by atoms with Gasteiger partial charge >= 0.3 is 5.97 Å². The number of amides is 1. The Morgan fingerprint density at radius 2 is 2.05 bits per heavy atom. The number of aliphatic carboxylic acids is 1. The number of benzene rings is 1. The van der Waals surface area contributed by atoms with E-state index in [1.807, 2.05) is 0 Å². The number of nitro groups is 1. The smallest absolute Gasteiger partial charge is 0.329 e. The molecule has 0 aromatic heterocycles. The molecule has 106 valence electrons. The number of hydrogen-bond acceptors (Lipinski definition) is 5. The van der Waals surface area contributed by atoms with E-state index in [1.54, 1.807) is 0 Å². The lowest BCUT2D eigenvalue weighted by molar-refractivity contribution is -0.384. The number of rotatable bonds is 5. The lowest BCUT2D eigenvalue weighted by Crippen LogP contribution is -2.52. The van der Waals surface area contributed by atoms with Crippen molar-refractivity contribution in [2.24, 2.45) is 5.73 Å². The van der Waals surface area contributed by atoms with Crippen LogP contribution in [0.25, 0.3) is 0 Å². The molecule has 4 N–H and O–H groups in total. The number of carboxylic acid groups (broad SMARTS) is 1. The van der Waals surface area contributed by atoms with Crippen molar-refractivity contribution < 1.29 is 19.6 Å². The predicted molar refractivity (Wildman–Crippen MR) is 69.5 cm³/mol. The van der Waals surface area contributed by atoms with Crippen LogP contribution in [0.3, 0.4) is 0 Å². The van der Waals surface area contributed by atoms with Crippen LogP contribution in [0.1, 0.15) is 29.6 Å². The molecule has 0 radical (unpaired) electrons. The monoisotopic (exact) mass is 279 g/mol. The molecule has 1 aliphatic carbocycles. The minimum Gasteiger partial charge on any atom is -0.480 e. The molecule has 1 aromatic carbocycles. The van der Waals surface area contributed by atoms with Crippen molar-refractivity contribution in [1.29, 1.82) is 0 Å². The average molecular weight is 279 g/mol. The van der Waals surface area contributed by atoms with Gasteiger partial charge in [-0.05, 0) is 25.3 Å². The second-order valence-electron chi connectivity index (χ2n) is 4.72. The van der Waals surface area contributed by atoms with Gasteiger partial charge in [0.1, 0.15) is 5.54 Å². The quantitative estimate of drug-likeness (QED) is 0.545. The molecule has 8 nitrogen and oxygen atoms in total. The number of nitrogens with zero attached hydrogens (tertiary/aromatic N) is 1. The largest absolute Gasteiger partial charge is 0.480 e. The third-order valence-electron chi connectivity index (χ3n) is 3.47. The third kappa shape index (κ3) is 2.27. The highest BCUT2D eigenvalue weighted by Gasteiger charge is 2.44. The van der Waals surface area contributed by atoms with Gasteiger partial charge in [-0.1, -0.05) is 0 Å². The van der Waals surface area contributed by atoms with Crippen LogP contribution in [0.4, 0.5) is 11.4 Å². The van der Waals surface area contributed by atoms with Gasteiger partial charge in [-0.2, -0.15) is 0 Å². The van der Waals surface area contributed by atoms with Gasteiger partial charge in [-0.15, -0.1) is 0 Å². The Morgan fingerprint density at radius 1 is 1.40 bits per heavy atom. The summed E-state index contributed by atoms with van der Waals surface area (Å²) in [7, 11) is 0. The van der Waals surface area contributed by atoms with Crippen molar-refractivity contribution in [3.63, 3.8) is 0 Å². The highest BCUT2D eigenvalue weighted by Crippen LogP contribution is 2.37. The normalized spacial score (nSPS) is 16.0. The molecule has 1 saturated carbocycles. The molecular weight excluding hydrogens is 266 g/mol. The first-order chi connectivity index (χ1) is 9.35. The number of carbonyl (C=O) groups excluding carboxylic acids is 1. The van der Waals surface area contributed by atoms with Crippen molar-refractivity contribution in [2.75, 3.05) is 5.32 Å². The van der Waals surface area contributed by atoms with E-state index in [1.165, 1.54) is 12.1 Å². The topological polar surface area (TPSA) is 136 Å². The summed E-state index contributed by atoms with van der Waals surface area (Å²) in [4.78, 5) is 32.7. The number of non-ortho nitro benzene ring substituents is 1. The highest BCUT2D eigenvalue weighted by atomic mass is 16.6. The lowest BCUT2D eigenvalue weighted by Gasteiger charge is -2.39. The molecular formula is C12H13N3O5. The second kappa shape index (κ2) is 4.80. The molecule has 0 unspecified atom stereocenters. The van der Waals surface area contributed by atoms with E-state index in [-0.39, 0.29) is 16.9 Å². The summed E-state index contributed by atoms with van der Waals surface area (Å²) in [6, 6.07) is 3.54. The maximum atomic E-state index is 11.4. The molecule has 20 heavy (non-hydrogen) atoms. The average Bonchev–Trinajstić information content (AvgIpc) is 2.32. The van der Waals surface area contributed by atoms with Gasteiger partial charge < -0.3 is 16.2 Å². The summed E-state index contributed by atoms with van der Waals surface area (Å²) < 4.78 is 0. The molecule has 0 atom stereocenters. The van der Waals surface area contributed by atoms with Crippen molar-refractivity contribution >= 4 is 23.3 Å². The zero-order valence-electron chi connectivity index (χ0n) is 10.5. The Labute approximate surface area is 113 Å². The van der Waals surface area contributed by atoms with Crippen LogP contribution < -0.4 is 11.1 Å². The number of anilines is 1. The fourth-order valence-electron chi connectivity index (χ4n) is 2.14. The fourth-order valence-corrected chi connectivity index (χ4v) is 2.14. The van der Waals surface area contributed by atoms with Gasteiger partial charge in [0.05, 0.1) is 10.5 Å². The first kappa shape index (κ1) is 13.8. The SMILES string of the molecule is NC(=O)c1cc([N+](=O)[O-])ccc1NC1(C(=O)O)CCC1. The van der Waals surface area contributed by atoms with Gasteiger partial charge in [0.15, 0.2) is 0 Å². The number of carbonyl (C=O) groups is 2. The minimum absolute atomic E-state index is 0.0910. The molecule has 1 aliphatic rings. The van der Waals surface area contributed by atoms with E-state index in [2.05, 4.69) is 5.32 Å². The van der Waals surface area contributed by atoms with Gasteiger partial charge in [-0.25, -0.2) is 4.79 Å².